The highest BCUT2D eigenvalue weighted by molar-refractivity contribution is 5.82. The van der Waals surface area contributed by atoms with Crippen LogP contribution in [0.2, 0.25) is 0 Å². The summed E-state index contributed by atoms with van der Waals surface area (Å²) in [5.41, 5.74) is 5.46. The van der Waals surface area contributed by atoms with Crippen molar-refractivity contribution in [2.24, 2.45) is 16.8 Å². The Morgan fingerprint density at radius 3 is 2.88 bits per heavy atom. The fraction of sp³-hybridized carbons (Fsp3) is 0.400. The number of oxime groups is 1. The second kappa shape index (κ2) is 5.29. The zero-order chi connectivity index (χ0) is 12.1. The normalized spacial score (nSPS) is 13.6. The van der Waals surface area contributed by atoms with E-state index in [0.29, 0.717) is 12.4 Å². The third-order valence-electron chi connectivity index (χ3n) is 2.27. The molecule has 1 heterocycles. The van der Waals surface area contributed by atoms with Crippen molar-refractivity contribution >= 4 is 11.7 Å². The maximum Gasteiger partial charge on any atom is 0.143 e. The molecule has 0 fully saturated rings. The standard InChI is InChI=1S/C10H15FN4O/c1-7(10(12)14-16)6-15(2)9-4-3-8(11)5-13-9/h3-5,7,16H,6H2,1-2H3,(H2,12,14). The van der Waals surface area contributed by atoms with Crippen LogP contribution in [-0.2, 0) is 0 Å². The van der Waals surface area contributed by atoms with Crippen LogP contribution in [-0.4, -0.2) is 29.6 Å². The second-order valence-corrected chi connectivity index (χ2v) is 3.64. The van der Waals surface area contributed by atoms with Crippen molar-refractivity contribution in [3.8, 4) is 0 Å². The van der Waals surface area contributed by atoms with Gasteiger partial charge in [0, 0.05) is 19.5 Å². The SMILES string of the molecule is CC(CN(C)c1ccc(F)cn1)C(N)=NO. The highest BCUT2D eigenvalue weighted by Crippen LogP contribution is 2.10. The van der Waals surface area contributed by atoms with Gasteiger partial charge in [-0.15, -0.1) is 0 Å². The molecule has 1 atom stereocenters. The smallest absolute Gasteiger partial charge is 0.143 e. The van der Waals surface area contributed by atoms with Gasteiger partial charge in [0.05, 0.1) is 6.20 Å². The van der Waals surface area contributed by atoms with E-state index >= 15 is 0 Å². The van der Waals surface area contributed by atoms with E-state index in [1.807, 2.05) is 11.8 Å². The summed E-state index contributed by atoms with van der Waals surface area (Å²) in [5, 5.41) is 11.4. The molecule has 0 bridgehead atoms. The molecule has 0 aliphatic rings. The Hall–Kier alpha value is -1.85. The number of nitrogens with two attached hydrogens (primary N) is 1. The largest absolute Gasteiger partial charge is 0.409 e. The monoisotopic (exact) mass is 226 g/mol. The van der Waals surface area contributed by atoms with E-state index in [4.69, 9.17) is 10.9 Å². The molecule has 0 aliphatic carbocycles. The Kier molecular flexibility index (Phi) is 4.04. The number of aromatic nitrogens is 1. The van der Waals surface area contributed by atoms with Crippen LogP contribution >= 0.6 is 0 Å². The topological polar surface area (TPSA) is 74.7 Å². The Bertz CT molecular complexity index is 366. The molecule has 1 rings (SSSR count). The molecule has 1 aromatic heterocycles. The van der Waals surface area contributed by atoms with E-state index in [0.717, 1.165) is 6.20 Å². The van der Waals surface area contributed by atoms with Crippen LogP contribution < -0.4 is 10.6 Å². The number of pyridine rings is 1. The van der Waals surface area contributed by atoms with Crippen LogP contribution in [0.3, 0.4) is 0 Å². The summed E-state index contributed by atoms with van der Waals surface area (Å²) < 4.78 is 12.6. The Morgan fingerprint density at radius 1 is 1.69 bits per heavy atom. The average Bonchev–Trinajstić information content (AvgIpc) is 2.28. The summed E-state index contributed by atoms with van der Waals surface area (Å²) in [6.07, 6.45) is 1.15. The fourth-order valence-electron chi connectivity index (χ4n) is 1.29. The Labute approximate surface area is 93.4 Å². The molecule has 0 radical (unpaired) electrons. The molecule has 3 N–H and O–H groups in total. The third-order valence-corrected chi connectivity index (χ3v) is 2.27. The van der Waals surface area contributed by atoms with E-state index in [2.05, 4.69) is 10.1 Å². The minimum absolute atomic E-state index is 0.109. The van der Waals surface area contributed by atoms with E-state index in [-0.39, 0.29) is 17.6 Å². The van der Waals surface area contributed by atoms with Gasteiger partial charge in [0.25, 0.3) is 0 Å². The van der Waals surface area contributed by atoms with Crippen molar-refractivity contribution < 1.29 is 9.60 Å². The molecule has 16 heavy (non-hydrogen) atoms. The number of nitrogens with zero attached hydrogens (tertiary/aromatic N) is 3. The summed E-state index contributed by atoms with van der Waals surface area (Å²) in [6, 6.07) is 2.92. The molecule has 0 saturated carbocycles. The lowest BCUT2D eigenvalue weighted by Gasteiger charge is -2.21. The predicted molar refractivity (Wildman–Crippen MR) is 60.0 cm³/mol. The quantitative estimate of drug-likeness (QED) is 0.348. The minimum Gasteiger partial charge on any atom is -0.409 e. The summed E-state index contributed by atoms with van der Waals surface area (Å²) in [7, 11) is 1.81. The van der Waals surface area contributed by atoms with E-state index in [1.165, 1.54) is 6.07 Å². The van der Waals surface area contributed by atoms with E-state index in [1.54, 1.807) is 13.1 Å². The lowest BCUT2D eigenvalue weighted by atomic mass is 10.1. The molecule has 0 aliphatic heterocycles. The number of hydrogen-bond acceptors (Lipinski definition) is 4. The molecule has 6 heteroatoms. The average molecular weight is 226 g/mol. The first-order chi connectivity index (χ1) is 7.54. The van der Waals surface area contributed by atoms with Gasteiger partial charge in [0.15, 0.2) is 0 Å². The highest BCUT2D eigenvalue weighted by Gasteiger charge is 2.12. The number of halogens is 1. The highest BCUT2D eigenvalue weighted by atomic mass is 19.1. The van der Waals surface area contributed by atoms with Gasteiger partial charge in [-0.25, -0.2) is 9.37 Å². The molecule has 0 amide bonds. The third kappa shape index (κ3) is 3.08. The molecule has 5 nitrogen and oxygen atoms in total. The second-order valence-electron chi connectivity index (χ2n) is 3.64. The molecular weight excluding hydrogens is 211 g/mol. The summed E-state index contributed by atoms with van der Waals surface area (Å²) in [5.74, 6) is 0.316. The molecule has 88 valence electrons. The van der Waals surface area contributed by atoms with Crippen LogP contribution in [0.15, 0.2) is 23.5 Å². The van der Waals surface area contributed by atoms with Crippen molar-refractivity contribution in [1.29, 1.82) is 0 Å². The number of rotatable bonds is 4. The first-order valence-corrected chi connectivity index (χ1v) is 4.84. The zero-order valence-electron chi connectivity index (χ0n) is 9.26. The maximum atomic E-state index is 12.6. The summed E-state index contributed by atoms with van der Waals surface area (Å²) in [6.45, 7) is 2.36. The van der Waals surface area contributed by atoms with E-state index in [9.17, 15) is 4.39 Å². The van der Waals surface area contributed by atoms with Crippen LogP contribution in [0.5, 0.6) is 0 Å². The van der Waals surface area contributed by atoms with E-state index < -0.39 is 0 Å². The van der Waals surface area contributed by atoms with Gasteiger partial charge in [0.1, 0.15) is 17.5 Å². The number of anilines is 1. The maximum absolute atomic E-state index is 12.6. The predicted octanol–water partition coefficient (Wildman–Crippen LogP) is 1.04. The van der Waals surface area contributed by atoms with Crippen molar-refractivity contribution in [1.82, 2.24) is 4.98 Å². The Balaban J connectivity index is 2.65. The van der Waals surface area contributed by atoms with Gasteiger partial charge in [-0.3, -0.25) is 0 Å². The molecular formula is C10H15FN4O. The van der Waals surface area contributed by atoms with Gasteiger partial charge < -0.3 is 15.8 Å². The van der Waals surface area contributed by atoms with Crippen molar-refractivity contribution in [2.75, 3.05) is 18.5 Å². The van der Waals surface area contributed by atoms with Crippen LogP contribution in [0.25, 0.3) is 0 Å². The van der Waals surface area contributed by atoms with Crippen LogP contribution in [0.1, 0.15) is 6.92 Å². The molecule has 1 aromatic rings. The van der Waals surface area contributed by atoms with Gasteiger partial charge in [-0.2, -0.15) is 0 Å². The number of amidine groups is 1. The molecule has 0 saturated heterocycles. The van der Waals surface area contributed by atoms with Crippen molar-refractivity contribution in [3.05, 3.63) is 24.1 Å². The van der Waals surface area contributed by atoms with Gasteiger partial charge in [0.2, 0.25) is 0 Å². The summed E-state index contributed by atoms with van der Waals surface area (Å²) in [4.78, 5) is 5.73. The fourth-order valence-corrected chi connectivity index (χ4v) is 1.29. The summed E-state index contributed by atoms with van der Waals surface area (Å²) >= 11 is 0. The van der Waals surface area contributed by atoms with Gasteiger partial charge in [-0.05, 0) is 12.1 Å². The van der Waals surface area contributed by atoms with Crippen LogP contribution in [0.4, 0.5) is 10.2 Å². The van der Waals surface area contributed by atoms with Gasteiger partial charge >= 0.3 is 0 Å². The lowest BCUT2D eigenvalue weighted by Crippen LogP contribution is -2.33. The van der Waals surface area contributed by atoms with Gasteiger partial charge in [-0.1, -0.05) is 12.1 Å². The Morgan fingerprint density at radius 2 is 2.38 bits per heavy atom. The van der Waals surface area contributed by atoms with Crippen molar-refractivity contribution in [2.45, 2.75) is 6.92 Å². The molecule has 0 aromatic carbocycles. The van der Waals surface area contributed by atoms with Crippen molar-refractivity contribution in [3.63, 3.8) is 0 Å². The molecule has 1 unspecified atom stereocenters. The van der Waals surface area contributed by atoms with Crippen LogP contribution in [0, 0.1) is 11.7 Å². The minimum atomic E-state index is -0.373. The first kappa shape index (κ1) is 12.2. The number of hydrogen-bond donors (Lipinski definition) is 2. The zero-order valence-corrected chi connectivity index (χ0v) is 9.26. The first-order valence-electron chi connectivity index (χ1n) is 4.84. The molecule has 0 spiro atoms. The lowest BCUT2D eigenvalue weighted by molar-refractivity contribution is 0.314.